The molecule has 0 saturated carbocycles. The van der Waals surface area contributed by atoms with E-state index in [1.165, 1.54) is 0 Å². The molecule has 0 aliphatic rings. The fourth-order valence-electron chi connectivity index (χ4n) is 2.60. The topological polar surface area (TPSA) is 28.7 Å². The molecule has 2 aromatic heterocycles. The lowest BCUT2D eigenvalue weighted by Gasteiger charge is -2.06. The van der Waals surface area contributed by atoms with Crippen molar-refractivity contribution >= 4 is 34.5 Å². The number of halogens is 2. The van der Waals surface area contributed by atoms with Crippen LogP contribution in [-0.4, -0.2) is 9.97 Å². The predicted molar refractivity (Wildman–Crippen MR) is 103 cm³/mol. The highest BCUT2D eigenvalue weighted by atomic mass is 35.5. The number of aromatic nitrogens is 2. The van der Waals surface area contributed by atoms with Gasteiger partial charge in [-0.2, -0.15) is 11.3 Å². The quantitative estimate of drug-likeness (QED) is 0.422. The molecule has 2 heterocycles. The lowest BCUT2D eigenvalue weighted by Crippen LogP contribution is -1.85. The molecule has 24 heavy (non-hydrogen) atoms. The van der Waals surface area contributed by atoms with Gasteiger partial charge < -0.3 is 4.98 Å². The number of nitrogens with one attached hydrogen (secondary N) is 1. The summed E-state index contributed by atoms with van der Waals surface area (Å²) in [6.45, 7) is 0. The van der Waals surface area contributed by atoms with Gasteiger partial charge in [0.2, 0.25) is 0 Å². The van der Waals surface area contributed by atoms with E-state index in [4.69, 9.17) is 28.2 Å². The summed E-state index contributed by atoms with van der Waals surface area (Å²) in [5, 5.41) is 5.32. The molecule has 0 spiro atoms. The Hall–Kier alpha value is -2.07. The molecule has 0 unspecified atom stereocenters. The number of hydrogen-bond donors (Lipinski definition) is 1. The van der Waals surface area contributed by atoms with Crippen molar-refractivity contribution in [2.45, 2.75) is 0 Å². The second-order valence-corrected chi connectivity index (χ2v) is 6.93. The van der Waals surface area contributed by atoms with Crippen LogP contribution in [-0.2, 0) is 0 Å². The van der Waals surface area contributed by atoms with Gasteiger partial charge in [-0.25, -0.2) is 4.98 Å². The lowest BCUT2D eigenvalue weighted by atomic mass is 10.1. The highest BCUT2D eigenvalue weighted by Gasteiger charge is 2.17. The predicted octanol–water partition coefficient (Wildman–Crippen LogP) is 6.78. The third-order valence-electron chi connectivity index (χ3n) is 3.75. The van der Waals surface area contributed by atoms with Crippen molar-refractivity contribution < 1.29 is 0 Å². The second-order valence-electron chi connectivity index (χ2n) is 5.31. The lowest BCUT2D eigenvalue weighted by molar-refractivity contribution is 1.32. The Kier molecular flexibility index (Phi) is 4.15. The number of imidazole rings is 1. The van der Waals surface area contributed by atoms with Crippen molar-refractivity contribution in [3.63, 3.8) is 0 Å². The normalized spacial score (nSPS) is 10.9. The molecule has 0 amide bonds. The van der Waals surface area contributed by atoms with Crippen LogP contribution >= 0.6 is 34.5 Å². The van der Waals surface area contributed by atoms with Crippen LogP contribution in [0.5, 0.6) is 0 Å². The number of aromatic amines is 1. The van der Waals surface area contributed by atoms with Crippen LogP contribution in [0, 0.1) is 0 Å². The summed E-state index contributed by atoms with van der Waals surface area (Å²) in [6.07, 6.45) is 0. The molecular weight excluding hydrogens is 359 g/mol. The smallest absolute Gasteiger partial charge is 0.139 e. The standard InChI is InChI=1S/C19H12Cl2N2S/c20-14-6-7-15(16(21)10-14)18-17(12-4-2-1-3-5-12)22-19(23-18)13-8-9-24-11-13/h1-11H,(H,22,23). The first-order chi connectivity index (χ1) is 11.7. The number of rotatable bonds is 3. The minimum atomic E-state index is 0.597. The van der Waals surface area contributed by atoms with Gasteiger partial charge >= 0.3 is 0 Å². The average Bonchev–Trinajstić information content (AvgIpc) is 3.25. The molecule has 2 aromatic carbocycles. The third-order valence-corrected chi connectivity index (χ3v) is 4.98. The van der Waals surface area contributed by atoms with E-state index >= 15 is 0 Å². The Morgan fingerprint density at radius 1 is 0.917 bits per heavy atom. The van der Waals surface area contributed by atoms with Crippen LogP contribution in [0.3, 0.4) is 0 Å². The van der Waals surface area contributed by atoms with E-state index in [2.05, 4.69) is 10.4 Å². The Morgan fingerprint density at radius 2 is 1.75 bits per heavy atom. The molecule has 0 saturated heterocycles. The zero-order valence-corrected chi connectivity index (χ0v) is 14.8. The van der Waals surface area contributed by atoms with Crippen molar-refractivity contribution in [2.24, 2.45) is 0 Å². The largest absolute Gasteiger partial charge is 0.337 e. The fraction of sp³-hybridized carbons (Fsp3) is 0. The van der Waals surface area contributed by atoms with Crippen molar-refractivity contribution in [2.75, 3.05) is 0 Å². The number of H-pyrrole nitrogens is 1. The third kappa shape index (κ3) is 2.86. The number of thiophene rings is 1. The molecule has 0 aliphatic carbocycles. The molecule has 0 radical (unpaired) electrons. The van der Waals surface area contributed by atoms with E-state index in [-0.39, 0.29) is 0 Å². The Morgan fingerprint density at radius 3 is 2.46 bits per heavy atom. The second kappa shape index (κ2) is 6.44. The van der Waals surface area contributed by atoms with Crippen molar-refractivity contribution in [1.82, 2.24) is 9.97 Å². The molecule has 4 rings (SSSR count). The summed E-state index contributed by atoms with van der Waals surface area (Å²) in [4.78, 5) is 8.25. The molecule has 4 aromatic rings. The van der Waals surface area contributed by atoms with Crippen molar-refractivity contribution in [3.8, 4) is 33.9 Å². The fourth-order valence-corrected chi connectivity index (χ4v) is 3.74. The zero-order chi connectivity index (χ0) is 16.5. The first kappa shape index (κ1) is 15.5. The summed E-state index contributed by atoms with van der Waals surface area (Å²) in [6, 6.07) is 17.6. The van der Waals surface area contributed by atoms with Gasteiger partial charge in [-0.15, -0.1) is 0 Å². The number of hydrogen-bond acceptors (Lipinski definition) is 2. The monoisotopic (exact) mass is 370 g/mol. The minimum Gasteiger partial charge on any atom is -0.337 e. The van der Waals surface area contributed by atoms with Gasteiger partial charge in [0.05, 0.1) is 16.4 Å². The van der Waals surface area contributed by atoms with E-state index in [9.17, 15) is 0 Å². The minimum absolute atomic E-state index is 0.597. The Balaban J connectivity index is 1.94. The zero-order valence-electron chi connectivity index (χ0n) is 12.5. The van der Waals surface area contributed by atoms with E-state index in [1.54, 1.807) is 17.4 Å². The Labute approximate surface area is 153 Å². The molecule has 2 nitrogen and oxygen atoms in total. The molecule has 0 bridgehead atoms. The Bertz CT molecular complexity index is 976. The van der Waals surface area contributed by atoms with Crippen LogP contribution in [0.2, 0.25) is 10.0 Å². The molecule has 0 atom stereocenters. The SMILES string of the molecule is Clc1ccc(-c2[nH]c(-c3ccsc3)nc2-c2ccccc2)c(Cl)c1. The molecule has 1 N–H and O–H groups in total. The van der Waals surface area contributed by atoms with Crippen LogP contribution in [0.15, 0.2) is 65.4 Å². The van der Waals surface area contributed by atoms with E-state index in [1.807, 2.05) is 53.9 Å². The van der Waals surface area contributed by atoms with Crippen LogP contribution in [0.4, 0.5) is 0 Å². The summed E-state index contributed by atoms with van der Waals surface area (Å²) in [5.41, 5.74) is 4.75. The van der Waals surface area contributed by atoms with Gasteiger partial charge in [-0.05, 0) is 29.6 Å². The summed E-state index contributed by atoms with van der Waals surface area (Å²) in [5.74, 6) is 0.830. The van der Waals surface area contributed by atoms with Gasteiger partial charge in [0.1, 0.15) is 5.82 Å². The number of nitrogens with zero attached hydrogens (tertiary/aromatic N) is 1. The van der Waals surface area contributed by atoms with Gasteiger partial charge in [0, 0.05) is 27.1 Å². The summed E-state index contributed by atoms with van der Waals surface area (Å²) in [7, 11) is 0. The molecular formula is C19H12Cl2N2S. The summed E-state index contributed by atoms with van der Waals surface area (Å²) >= 11 is 14.1. The average molecular weight is 371 g/mol. The maximum absolute atomic E-state index is 6.43. The number of benzene rings is 2. The maximum atomic E-state index is 6.43. The van der Waals surface area contributed by atoms with Crippen molar-refractivity contribution in [1.29, 1.82) is 0 Å². The van der Waals surface area contributed by atoms with Gasteiger partial charge in [-0.1, -0.05) is 53.5 Å². The van der Waals surface area contributed by atoms with E-state index in [0.717, 1.165) is 33.9 Å². The summed E-state index contributed by atoms with van der Waals surface area (Å²) < 4.78 is 0. The molecule has 118 valence electrons. The van der Waals surface area contributed by atoms with E-state index < -0.39 is 0 Å². The van der Waals surface area contributed by atoms with E-state index in [0.29, 0.717) is 10.0 Å². The first-order valence-corrected chi connectivity index (χ1v) is 9.05. The highest BCUT2D eigenvalue weighted by Crippen LogP contribution is 2.37. The highest BCUT2D eigenvalue weighted by molar-refractivity contribution is 7.08. The first-order valence-electron chi connectivity index (χ1n) is 7.36. The van der Waals surface area contributed by atoms with Gasteiger partial charge in [-0.3, -0.25) is 0 Å². The van der Waals surface area contributed by atoms with Gasteiger partial charge in [0.25, 0.3) is 0 Å². The van der Waals surface area contributed by atoms with Gasteiger partial charge in [0.15, 0.2) is 0 Å². The molecule has 5 heteroatoms. The van der Waals surface area contributed by atoms with Crippen LogP contribution in [0.25, 0.3) is 33.9 Å². The maximum Gasteiger partial charge on any atom is 0.139 e. The van der Waals surface area contributed by atoms with Crippen LogP contribution < -0.4 is 0 Å². The molecule has 0 aliphatic heterocycles. The van der Waals surface area contributed by atoms with Crippen LogP contribution in [0.1, 0.15) is 0 Å². The molecule has 0 fully saturated rings. The van der Waals surface area contributed by atoms with Crippen molar-refractivity contribution in [3.05, 3.63) is 75.4 Å².